The normalized spacial score (nSPS) is 14.0. The van der Waals surface area contributed by atoms with Gasteiger partial charge in [-0.25, -0.2) is 0 Å². The number of nitrogens with zero attached hydrogens (tertiary/aromatic N) is 1. The third kappa shape index (κ3) is 1.44. The van der Waals surface area contributed by atoms with Gasteiger partial charge in [-0.15, -0.1) is 10.5 Å². The molecule has 0 aliphatic rings. The molecule has 0 spiro atoms. The van der Waals surface area contributed by atoms with E-state index in [2.05, 4.69) is 18.8 Å². The van der Waals surface area contributed by atoms with Crippen LogP contribution in [0.2, 0.25) is 0 Å². The summed E-state index contributed by atoms with van der Waals surface area (Å²) in [5.41, 5.74) is 1.10. The van der Waals surface area contributed by atoms with E-state index in [1.165, 1.54) is 0 Å². The SMILES string of the molecule is N#C[SH](P)c1c[nH]c2ccccc12. The van der Waals surface area contributed by atoms with Crippen molar-refractivity contribution in [3.05, 3.63) is 30.5 Å². The highest BCUT2D eigenvalue weighted by Crippen LogP contribution is 2.45. The maximum absolute atomic E-state index is 8.81. The van der Waals surface area contributed by atoms with Crippen molar-refractivity contribution >= 4 is 29.9 Å². The topological polar surface area (TPSA) is 39.6 Å². The average molecular weight is 208 g/mol. The number of nitriles is 1. The van der Waals surface area contributed by atoms with Gasteiger partial charge in [-0.05, 0) is 6.07 Å². The van der Waals surface area contributed by atoms with Gasteiger partial charge >= 0.3 is 0 Å². The van der Waals surface area contributed by atoms with E-state index in [-0.39, 0.29) is 0 Å². The molecule has 2 rings (SSSR count). The predicted molar refractivity (Wildman–Crippen MR) is 60.9 cm³/mol. The lowest BCUT2D eigenvalue weighted by molar-refractivity contribution is 1.42. The van der Waals surface area contributed by atoms with Crippen molar-refractivity contribution in [2.75, 3.05) is 0 Å². The van der Waals surface area contributed by atoms with Crippen LogP contribution in [-0.4, -0.2) is 4.98 Å². The second-order valence-corrected chi connectivity index (χ2v) is 5.66. The Morgan fingerprint density at radius 3 is 2.92 bits per heavy atom. The second kappa shape index (κ2) is 3.41. The number of hydrogen-bond donors (Lipinski definition) is 2. The molecule has 2 aromatic rings. The maximum atomic E-state index is 8.81. The summed E-state index contributed by atoms with van der Waals surface area (Å²) < 4.78 is 0. The number of thiol groups is 1. The standard InChI is InChI=1S/C9H9N2PS/c10-6-13(12)9-5-11-8-4-2-1-3-7(8)9/h1-5,11,13H,12H2. The number of rotatable bonds is 1. The maximum Gasteiger partial charge on any atom is 0.118 e. The fraction of sp³-hybridized carbons (Fsp3) is 0. The molecular weight excluding hydrogens is 199 g/mol. The summed E-state index contributed by atoms with van der Waals surface area (Å²) in [6.07, 6.45) is 1.92. The summed E-state index contributed by atoms with van der Waals surface area (Å²) in [5, 5.41) is 12.2. The molecule has 1 N–H and O–H groups in total. The van der Waals surface area contributed by atoms with Crippen LogP contribution in [0.15, 0.2) is 35.4 Å². The highest BCUT2D eigenvalue weighted by Gasteiger charge is 2.05. The Hall–Kier alpha value is -0.970. The molecule has 0 aliphatic heterocycles. The first-order valence-corrected chi connectivity index (χ1v) is 6.79. The minimum absolute atomic E-state index is 0.745. The number of benzene rings is 1. The number of para-hydroxylation sites is 1. The third-order valence-corrected chi connectivity index (χ3v) is 4.22. The Morgan fingerprint density at radius 2 is 2.15 bits per heavy atom. The molecule has 0 amide bonds. The fourth-order valence-corrected chi connectivity index (χ4v) is 2.72. The Morgan fingerprint density at radius 1 is 1.38 bits per heavy atom. The van der Waals surface area contributed by atoms with Gasteiger partial charge in [0.15, 0.2) is 0 Å². The molecule has 1 aromatic heterocycles. The summed E-state index contributed by atoms with van der Waals surface area (Å²) in [5.74, 6) is 0. The highest BCUT2D eigenvalue weighted by atomic mass is 32.7. The van der Waals surface area contributed by atoms with Crippen molar-refractivity contribution in [2.45, 2.75) is 4.90 Å². The second-order valence-electron chi connectivity index (χ2n) is 2.69. The molecule has 2 unspecified atom stereocenters. The fourth-order valence-electron chi connectivity index (χ4n) is 1.31. The predicted octanol–water partition coefficient (Wildman–Crippen LogP) is 2.80. The van der Waals surface area contributed by atoms with Crippen molar-refractivity contribution in [3.8, 4) is 5.40 Å². The van der Waals surface area contributed by atoms with Gasteiger partial charge in [0.05, 0.1) is 0 Å². The molecule has 13 heavy (non-hydrogen) atoms. The van der Waals surface area contributed by atoms with E-state index >= 15 is 0 Å². The molecule has 0 radical (unpaired) electrons. The van der Waals surface area contributed by atoms with E-state index in [1.807, 2.05) is 30.5 Å². The smallest absolute Gasteiger partial charge is 0.118 e. The number of hydrogen-bond acceptors (Lipinski definition) is 1. The average Bonchev–Trinajstić information content (AvgIpc) is 2.60. The van der Waals surface area contributed by atoms with E-state index in [0.29, 0.717) is 0 Å². The van der Waals surface area contributed by atoms with Crippen molar-refractivity contribution < 1.29 is 0 Å². The van der Waals surface area contributed by atoms with Crippen LogP contribution >= 0.6 is 19.0 Å². The van der Waals surface area contributed by atoms with Crippen molar-refractivity contribution in [1.29, 1.82) is 5.26 Å². The number of H-pyrrole nitrogens is 1. The van der Waals surface area contributed by atoms with Crippen LogP contribution in [0.5, 0.6) is 0 Å². The molecular formula is C9H9N2PS. The van der Waals surface area contributed by atoms with Gasteiger partial charge in [0.25, 0.3) is 0 Å². The lowest BCUT2D eigenvalue weighted by atomic mass is 10.2. The monoisotopic (exact) mass is 208 g/mol. The molecule has 1 aromatic carbocycles. The summed E-state index contributed by atoms with van der Waals surface area (Å²) in [7, 11) is 1.85. The van der Waals surface area contributed by atoms with E-state index in [0.717, 1.165) is 15.8 Å². The van der Waals surface area contributed by atoms with Gasteiger partial charge in [-0.1, -0.05) is 26.6 Å². The zero-order valence-electron chi connectivity index (χ0n) is 6.86. The minimum atomic E-state index is -0.745. The molecule has 0 saturated carbocycles. The highest BCUT2D eigenvalue weighted by molar-refractivity contribution is 8.59. The van der Waals surface area contributed by atoms with Crippen LogP contribution < -0.4 is 0 Å². The van der Waals surface area contributed by atoms with Crippen LogP contribution in [0, 0.1) is 10.7 Å². The molecule has 1 heterocycles. The molecule has 0 aliphatic carbocycles. The molecule has 2 atom stereocenters. The summed E-state index contributed by atoms with van der Waals surface area (Å²) in [6, 6.07) is 8.03. The van der Waals surface area contributed by atoms with Crippen LogP contribution in [-0.2, 0) is 0 Å². The van der Waals surface area contributed by atoms with Crippen molar-refractivity contribution in [2.24, 2.45) is 0 Å². The van der Waals surface area contributed by atoms with Crippen LogP contribution in [0.4, 0.5) is 0 Å². The zero-order chi connectivity index (χ0) is 9.26. The number of nitrogens with one attached hydrogen (secondary N) is 1. The first-order valence-electron chi connectivity index (χ1n) is 3.83. The van der Waals surface area contributed by atoms with Crippen molar-refractivity contribution in [3.63, 3.8) is 0 Å². The van der Waals surface area contributed by atoms with Gasteiger partial charge in [0, 0.05) is 22.0 Å². The van der Waals surface area contributed by atoms with E-state index < -0.39 is 10.5 Å². The minimum Gasteiger partial charge on any atom is -0.360 e. The molecule has 0 bridgehead atoms. The quantitative estimate of drug-likeness (QED) is 0.422. The van der Waals surface area contributed by atoms with Gasteiger partial charge in [0.2, 0.25) is 0 Å². The lowest BCUT2D eigenvalue weighted by Crippen LogP contribution is -1.68. The Balaban J connectivity index is 2.66. The van der Waals surface area contributed by atoms with Gasteiger partial charge in [-0.2, -0.15) is 5.26 Å². The summed E-state index contributed by atoms with van der Waals surface area (Å²) in [4.78, 5) is 4.26. The van der Waals surface area contributed by atoms with Gasteiger partial charge < -0.3 is 4.98 Å². The van der Waals surface area contributed by atoms with E-state index in [1.54, 1.807) is 0 Å². The summed E-state index contributed by atoms with van der Waals surface area (Å²) >= 11 is 0. The molecule has 4 heteroatoms. The number of aromatic amines is 1. The van der Waals surface area contributed by atoms with Crippen molar-refractivity contribution in [1.82, 2.24) is 4.98 Å². The number of aromatic nitrogens is 1. The third-order valence-electron chi connectivity index (χ3n) is 1.93. The van der Waals surface area contributed by atoms with Crippen LogP contribution in [0.25, 0.3) is 10.9 Å². The molecule has 2 nitrogen and oxygen atoms in total. The summed E-state index contributed by atoms with van der Waals surface area (Å²) in [6.45, 7) is 0. The van der Waals surface area contributed by atoms with Crippen LogP contribution in [0.3, 0.4) is 0 Å². The molecule has 66 valence electrons. The number of thiocyanates is 1. The largest absolute Gasteiger partial charge is 0.360 e. The van der Waals surface area contributed by atoms with Gasteiger partial charge in [0.1, 0.15) is 5.40 Å². The first-order chi connectivity index (χ1) is 6.33. The van der Waals surface area contributed by atoms with E-state index in [4.69, 9.17) is 5.26 Å². The van der Waals surface area contributed by atoms with Gasteiger partial charge in [-0.3, -0.25) is 0 Å². The first kappa shape index (κ1) is 8.62. The Labute approximate surface area is 81.2 Å². The molecule has 0 fully saturated rings. The number of fused-ring (bicyclic) bond motifs is 1. The zero-order valence-corrected chi connectivity index (χ0v) is 8.91. The Kier molecular flexibility index (Phi) is 2.26. The lowest BCUT2D eigenvalue weighted by Gasteiger charge is -2.02. The Bertz CT molecular complexity index is 472. The molecule has 0 saturated heterocycles. The van der Waals surface area contributed by atoms with E-state index in [9.17, 15) is 0 Å². The van der Waals surface area contributed by atoms with Crippen LogP contribution in [0.1, 0.15) is 0 Å².